The molecule has 0 atom stereocenters. The van der Waals surface area contributed by atoms with E-state index in [0.717, 1.165) is 5.06 Å². The highest BCUT2D eigenvalue weighted by molar-refractivity contribution is 5.51. The normalized spacial score (nSPS) is 9.86. The van der Waals surface area contributed by atoms with Gasteiger partial charge in [-0.2, -0.15) is 0 Å². The van der Waals surface area contributed by atoms with Gasteiger partial charge in [0.05, 0.1) is 23.8 Å². The zero-order valence-electron chi connectivity index (χ0n) is 7.33. The van der Waals surface area contributed by atoms with Crippen LogP contribution in [0.1, 0.15) is 0 Å². The second-order valence-electron chi connectivity index (χ2n) is 2.62. The van der Waals surface area contributed by atoms with Crippen molar-refractivity contribution >= 4 is 11.4 Å². The van der Waals surface area contributed by atoms with Crippen LogP contribution in [0, 0.1) is 10.1 Å². The standard InChI is InChI=1S/C8H10N2O4/c11-5-4-9(12)7-2-1-3-8(6-7)10(13)14/h1-3,6,11-12H,4-5H2. The van der Waals surface area contributed by atoms with Gasteiger partial charge in [0.1, 0.15) is 0 Å². The molecule has 1 aromatic carbocycles. The molecular formula is C8H10N2O4. The monoisotopic (exact) mass is 198 g/mol. The minimum Gasteiger partial charge on any atom is -0.394 e. The molecule has 0 unspecified atom stereocenters. The maximum atomic E-state index is 10.4. The summed E-state index contributed by atoms with van der Waals surface area (Å²) >= 11 is 0. The Hall–Kier alpha value is -1.66. The Kier molecular flexibility index (Phi) is 3.38. The van der Waals surface area contributed by atoms with E-state index in [0.29, 0.717) is 0 Å². The first-order chi connectivity index (χ1) is 6.65. The molecule has 0 fully saturated rings. The zero-order valence-corrected chi connectivity index (χ0v) is 7.33. The van der Waals surface area contributed by atoms with Crippen LogP contribution in [0.3, 0.4) is 0 Å². The second kappa shape index (κ2) is 4.54. The summed E-state index contributed by atoms with van der Waals surface area (Å²) in [5.74, 6) is 0. The van der Waals surface area contributed by atoms with Crippen LogP contribution in [-0.2, 0) is 0 Å². The topological polar surface area (TPSA) is 86.8 Å². The molecular weight excluding hydrogens is 188 g/mol. The quantitative estimate of drug-likeness (QED) is 0.551. The van der Waals surface area contributed by atoms with E-state index in [4.69, 9.17) is 5.11 Å². The van der Waals surface area contributed by atoms with Gasteiger partial charge in [-0.1, -0.05) is 6.07 Å². The van der Waals surface area contributed by atoms with Gasteiger partial charge < -0.3 is 5.11 Å². The summed E-state index contributed by atoms with van der Waals surface area (Å²) in [7, 11) is 0. The number of hydroxylamine groups is 1. The number of aliphatic hydroxyl groups is 1. The fourth-order valence-corrected chi connectivity index (χ4v) is 0.991. The van der Waals surface area contributed by atoms with Crippen LogP contribution in [0.25, 0.3) is 0 Å². The molecule has 0 bridgehead atoms. The van der Waals surface area contributed by atoms with Crippen LogP contribution >= 0.6 is 0 Å². The van der Waals surface area contributed by atoms with Crippen molar-refractivity contribution in [3.8, 4) is 0 Å². The first-order valence-corrected chi connectivity index (χ1v) is 3.97. The predicted octanol–water partition coefficient (Wildman–Crippen LogP) is 0.783. The SMILES string of the molecule is O=[N+]([O-])c1cccc(N(O)CCO)c1. The lowest BCUT2D eigenvalue weighted by Gasteiger charge is -2.14. The highest BCUT2D eigenvalue weighted by Crippen LogP contribution is 2.19. The van der Waals surface area contributed by atoms with Gasteiger partial charge in [-0.3, -0.25) is 20.4 Å². The van der Waals surface area contributed by atoms with Crippen LogP contribution in [-0.4, -0.2) is 28.4 Å². The van der Waals surface area contributed by atoms with E-state index in [9.17, 15) is 15.3 Å². The Labute approximate surface area is 80.1 Å². The van der Waals surface area contributed by atoms with Gasteiger partial charge in [0.15, 0.2) is 0 Å². The molecule has 0 saturated carbocycles. The highest BCUT2D eigenvalue weighted by atomic mass is 16.6. The second-order valence-corrected chi connectivity index (χ2v) is 2.62. The molecule has 0 spiro atoms. The maximum Gasteiger partial charge on any atom is 0.271 e. The molecule has 0 radical (unpaired) electrons. The number of aliphatic hydroxyl groups excluding tert-OH is 1. The molecule has 0 saturated heterocycles. The number of nitrogens with zero attached hydrogens (tertiary/aromatic N) is 2. The number of rotatable bonds is 4. The summed E-state index contributed by atoms with van der Waals surface area (Å²) < 4.78 is 0. The van der Waals surface area contributed by atoms with Crippen molar-refractivity contribution in [2.75, 3.05) is 18.2 Å². The van der Waals surface area contributed by atoms with E-state index in [1.807, 2.05) is 0 Å². The van der Waals surface area contributed by atoms with Gasteiger partial charge in [-0.25, -0.2) is 0 Å². The molecule has 6 heteroatoms. The Morgan fingerprint density at radius 3 is 2.79 bits per heavy atom. The van der Waals surface area contributed by atoms with Crippen molar-refractivity contribution in [1.82, 2.24) is 0 Å². The molecule has 0 amide bonds. The average molecular weight is 198 g/mol. The third-order valence-corrected chi connectivity index (χ3v) is 1.65. The van der Waals surface area contributed by atoms with Crippen LogP contribution < -0.4 is 5.06 Å². The molecule has 2 N–H and O–H groups in total. The average Bonchev–Trinajstić information content (AvgIpc) is 2.18. The molecule has 0 heterocycles. The number of nitro groups is 1. The first-order valence-electron chi connectivity index (χ1n) is 3.97. The van der Waals surface area contributed by atoms with Gasteiger partial charge in [0, 0.05) is 12.1 Å². The van der Waals surface area contributed by atoms with Crippen LogP contribution in [0.15, 0.2) is 24.3 Å². The third-order valence-electron chi connectivity index (χ3n) is 1.65. The highest BCUT2D eigenvalue weighted by Gasteiger charge is 2.08. The molecule has 0 aliphatic carbocycles. The number of anilines is 1. The van der Waals surface area contributed by atoms with E-state index in [-0.39, 0.29) is 24.5 Å². The van der Waals surface area contributed by atoms with Crippen molar-refractivity contribution in [1.29, 1.82) is 0 Å². The summed E-state index contributed by atoms with van der Waals surface area (Å²) in [5.41, 5.74) is 0.188. The summed E-state index contributed by atoms with van der Waals surface area (Å²) in [6, 6.07) is 5.54. The molecule has 1 aromatic rings. The third kappa shape index (κ3) is 2.41. The lowest BCUT2D eigenvalue weighted by Crippen LogP contribution is -2.21. The van der Waals surface area contributed by atoms with E-state index < -0.39 is 4.92 Å². The fourth-order valence-electron chi connectivity index (χ4n) is 0.991. The largest absolute Gasteiger partial charge is 0.394 e. The van der Waals surface area contributed by atoms with Crippen LogP contribution in [0.2, 0.25) is 0 Å². The number of hydrogen-bond acceptors (Lipinski definition) is 5. The van der Waals surface area contributed by atoms with E-state index in [2.05, 4.69) is 0 Å². The van der Waals surface area contributed by atoms with Gasteiger partial charge in [-0.05, 0) is 6.07 Å². The fraction of sp³-hybridized carbons (Fsp3) is 0.250. The number of non-ortho nitro benzene ring substituents is 1. The lowest BCUT2D eigenvalue weighted by molar-refractivity contribution is -0.384. The smallest absolute Gasteiger partial charge is 0.271 e. The molecule has 14 heavy (non-hydrogen) atoms. The Balaban J connectivity index is 2.87. The van der Waals surface area contributed by atoms with Gasteiger partial charge in [-0.15, -0.1) is 0 Å². The van der Waals surface area contributed by atoms with E-state index in [1.165, 1.54) is 24.3 Å². The maximum absolute atomic E-state index is 10.4. The minimum atomic E-state index is -0.545. The van der Waals surface area contributed by atoms with Crippen molar-refractivity contribution in [2.24, 2.45) is 0 Å². The van der Waals surface area contributed by atoms with Crippen molar-refractivity contribution in [3.05, 3.63) is 34.4 Å². The molecule has 0 aromatic heterocycles. The summed E-state index contributed by atoms with van der Waals surface area (Å²) in [4.78, 5) is 9.84. The predicted molar refractivity (Wildman–Crippen MR) is 49.3 cm³/mol. The summed E-state index contributed by atoms with van der Waals surface area (Å²) in [5, 5.41) is 29.0. The molecule has 6 nitrogen and oxygen atoms in total. The van der Waals surface area contributed by atoms with Gasteiger partial charge in [0.2, 0.25) is 0 Å². The Morgan fingerprint density at radius 1 is 1.50 bits per heavy atom. The van der Waals surface area contributed by atoms with Crippen LogP contribution in [0.4, 0.5) is 11.4 Å². The molecule has 76 valence electrons. The van der Waals surface area contributed by atoms with Crippen molar-refractivity contribution in [3.63, 3.8) is 0 Å². The lowest BCUT2D eigenvalue weighted by atomic mass is 10.3. The number of hydrogen-bond donors (Lipinski definition) is 2. The van der Waals surface area contributed by atoms with Crippen LogP contribution in [0.5, 0.6) is 0 Å². The number of benzene rings is 1. The Morgan fingerprint density at radius 2 is 2.21 bits per heavy atom. The minimum absolute atomic E-state index is 0.0150. The van der Waals surface area contributed by atoms with Gasteiger partial charge >= 0.3 is 0 Å². The molecule has 0 aliphatic rings. The Bertz CT molecular complexity index is 329. The van der Waals surface area contributed by atoms with Crippen molar-refractivity contribution in [2.45, 2.75) is 0 Å². The zero-order chi connectivity index (χ0) is 10.6. The number of nitro benzene ring substituents is 1. The van der Waals surface area contributed by atoms with E-state index >= 15 is 0 Å². The summed E-state index contributed by atoms with van der Waals surface area (Å²) in [6.07, 6.45) is 0. The molecule has 1 rings (SSSR count). The molecule has 0 aliphatic heterocycles. The first kappa shape index (κ1) is 10.4. The van der Waals surface area contributed by atoms with E-state index in [1.54, 1.807) is 0 Å². The van der Waals surface area contributed by atoms with Gasteiger partial charge in [0.25, 0.3) is 5.69 Å². The summed E-state index contributed by atoms with van der Waals surface area (Å²) in [6.45, 7) is -0.208. The van der Waals surface area contributed by atoms with Crippen molar-refractivity contribution < 1.29 is 15.2 Å².